The molecule has 0 aliphatic heterocycles. The smallest absolute Gasteiger partial charge is 0.0762 e. The van der Waals surface area contributed by atoms with Crippen molar-refractivity contribution >= 4 is 10.9 Å². The van der Waals surface area contributed by atoms with Gasteiger partial charge in [-0.05, 0) is 17.7 Å². The molecule has 4 heteroatoms. The van der Waals surface area contributed by atoms with Crippen LogP contribution < -0.4 is 5.32 Å². The lowest BCUT2D eigenvalue weighted by Crippen LogP contribution is -2.13. The van der Waals surface area contributed by atoms with Gasteiger partial charge in [-0.2, -0.15) is 5.10 Å². The van der Waals surface area contributed by atoms with E-state index in [9.17, 15) is 0 Å². The topological polar surface area (TPSA) is 45.6 Å². The lowest BCUT2D eigenvalue weighted by atomic mass is 10.2. The number of hydrogen-bond donors (Lipinski definition) is 2. The lowest BCUT2D eigenvalue weighted by Gasteiger charge is -2.01. The summed E-state index contributed by atoms with van der Waals surface area (Å²) in [5.41, 5.74) is 3.55. The summed E-state index contributed by atoms with van der Waals surface area (Å²) in [5.74, 6) is 0. The molecule has 4 nitrogen and oxygen atoms in total. The fraction of sp³-hybridized carbons (Fsp3) is 0.214. The first-order valence-corrected chi connectivity index (χ1v) is 6.07. The largest absolute Gasteiger partial charge is 0.361 e. The maximum Gasteiger partial charge on any atom is 0.0762 e. The standard InChI is InChI=1S/C14H16N4/c1-18-7-6-12(17-18)10-15-8-11-9-16-14-5-3-2-4-13(11)14/h2-7,9,15-16H,8,10H2,1H3. The van der Waals surface area contributed by atoms with Gasteiger partial charge in [0, 0.05) is 43.4 Å². The van der Waals surface area contributed by atoms with Crippen molar-refractivity contribution < 1.29 is 0 Å². The van der Waals surface area contributed by atoms with E-state index in [1.165, 1.54) is 16.5 Å². The Bertz CT molecular complexity index is 650. The molecule has 18 heavy (non-hydrogen) atoms. The van der Waals surface area contributed by atoms with Crippen molar-refractivity contribution in [1.82, 2.24) is 20.1 Å². The molecule has 3 aromatic rings. The monoisotopic (exact) mass is 240 g/mol. The molecule has 0 bridgehead atoms. The summed E-state index contributed by atoms with van der Waals surface area (Å²) < 4.78 is 1.82. The minimum Gasteiger partial charge on any atom is -0.361 e. The number of nitrogens with zero attached hydrogens (tertiary/aromatic N) is 2. The van der Waals surface area contributed by atoms with Gasteiger partial charge >= 0.3 is 0 Å². The number of para-hydroxylation sites is 1. The number of aryl methyl sites for hydroxylation is 1. The van der Waals surface area contributed by atoms with Gasteiger partial charge in [-0.25, -0.2) is 0 Å². The molecule has 2 N–H and O–H groups in total. The fourth-order valence-electron chi connectivity index (χ4n) is 2.16. The first kappa shape index (κ1) is 11.0. The number of aromatic amines is 1. The first-order chi connectivity index (χ1) is 8.83. The van der Waals surface area contributed by atoms with E-state index in [4.69, 9.17) is 0 Å². The van der Waals surface area contributed by atoms with Crippen molar-refractivity contribution in [2.24, 2.45) is 7.05 Å². The van der Waals surface area contributed by atoms with E-state index in [1.54, 1.807) is 0 Å². The van der Waals surface area contributed by atoms with Crippen LogP contribution in [0.2, 0.25) is 0 Å². The number of rotatable bonds is 4. The molecular weight excluding hydrogens is 224 g/mol. The van der Waals surface area contributed by atoms with Gasteiger partial charge < -0.3 is 10.3 Å². The number of hydrogen-bond acceptors (Lipinski definition) is 2. The van der Waals surface area contributed by atoms with Crippen molar-refractivity contribution in [3.8, 4) is 0 Å². The summed E-state index contributed by atoms with van der Waals surface area (Å²) in [5, 5.41) is 9.04. The van der Waals surface area contributed by atoms with Crippen LogP contribution in [0.25, 0.3) is 10.9 Å². The summed E-state index contributed by atoms with van der Waals surface area (Å²) >= 11 is 0. The van der Waals surface area contributed by atoms with Gasteiger partial charge in [0.15, 0.2) is 0 Å². The minimum atomic E-state index is 0.792. The second-order valence-corrected chi connectivity index (χ2v) is 4.44. The molecule has 0 radical (unpaired) electrons. The maximum absolute atomic E-state index is 4.34. The zero-order valence-electron chi connectivity index (χ0n) is 10.4. The fourth-order valence-corrected chi connectivity index (χ4v) is 2.16. The summed E-state index contributed by atoms with van der Waals surface area (Å²) in [6.45, 7) is 1.64. The molecule has 0 amide bonds. The van der Waals surface area contributed by atoms with Crippen molar-refractivity contribution in [2.45, 2.75) is 13.1 Å². The number of H-pyrrole nitrogens is 1. The average Bonchev–Trinajstić information content (AvgIpc) is 2.97. The first-order valence-electron chi connectivity index (χ1n) is 6.07. The van der Waals surface area contributed by atoms with Gasteiger partial charge in [-0.3, -0.25) is 4.68 Å². The number of fused-ring (bicyclic) bond motifs is 1. The van der Waals surface area contributed by atoms with Crippen molar-refractivity contribution in [3.63, 3.8) is 0 Å². The van der Waals surface area contributed by atoms with E-state index >= 15 is 0 Å². The van der Waals surface area contributed by atoms with Crippen molar-refractivity contribution in [2.75, 3.05) is 0 Å². The van der Waals surface area contributed by atoms with E-state index in [1.807, 2.05) is 30.1 Å². The van der Waals surface area contributed by atoms with Crippen molar-refractivity contribution in [3.05, 3.63) is 54.0 Å². The second kappa shape index (κ2) is 4.66. The third-order valence-corrected chi connectivity index (χ3v) is 3.07. The Morgan fingerprint density at radius 1 is 1.22 bits per heavy atom. The van der Waals surface area contributed by atoms with Gasteiger partial charge in [0.05, 0.1) is 5.69 Å². The molecule has 92 valence electrons. The summed E-state index contributed by atoms with van der Waals surface area (Å²) in [6, 6.07) is 10.4. The maximum atomic E-state index is 4.34. The average molecular weight is 240 g/mol. The highest BCUT2D eigenvalue weighted by Crippen LogP contribution is 2.17. The highest BCUT2D eigenvalue weighted by atomic mass is 15.3. The van der Waals surface area contributed by atoms with Crippen LogP contribution in [-0.2, 0) is 20.1 Å². The normalized spacial score (nSPS) is 11.2. The van der Waals surface area contributed by atoms with E-state index < -0.39 is 0 Å². The molecule has 1 aromatic carbocycles. The van der Waals surface area contributed by atoms with Crippen LogP contribution >= 0.6 is 0 Å². The Labute approximate surface area is 106 Å². The third kappa shape index (κ3) is 2.15. The highest BCUT2D eigenvalue weighted by Gasteiger charge is 2.02. The van der Waals surface area contributed by atoms with E-state index in [0.717, 1.165) is 18.8 Å². The number of nitrogens with one attached hydrogen (secondary N) is 2. The summed E-state index contributed by atoms with van der Waals surface area (Å²) in [7, 11) is 1.93. The predicted octanol–water partition coefficient (Wildman–Crippen LogP) is 2.19. The molecule has 0 spiro atoms. The number of benzene rings is 1. The predicted molar refractivity (Wildman–Crippen MR) is 72.1 cm³/mol. The Kier molecular flexibility index (Phi) is 2.86. The number of aromatic nitrogens is 3. The van der Waals surface area contributed by atoms with Crippen LogP contribution in [0.3, 0.4) is 0 Å². The zero-order chi connectivity index (χ0) is 12.4. The molecular formula is C14H16N4. The SMILES string of the molecule is Cn1ccc(CNCc2c[nH]c3ccccc23)n1. The van der Waals surface area contributed by atoms with Crippen LogP contribution in [0.15, 0.2) is 42.7 Å². The molecule has 0 fully saturated rings. The van der Waals surface area contributed by atoms with Gasteiger partial charge in [-0.1, -0.05) is 18.2 Å². The summed E-state index contributed by atoms with van der Waals surface area (Å²) in [6.07, 6.45) is 4.03. The summed E-state index contributed by atoms with van der Waals surface area (Å²) in [4.78, 5) is 3.28. The zero-order valence-corrected chi connectivity index (χ0v) is 10.4. The Balaban J connectivity index is 1.66. The Morgan fingerprint density at radius 3 is 2.94 bits per heavy atom. The van der Waals surface area contributed by atoms with Gasteiger partial charge in [-0.15, -0.1) is 0 Å². The van der Waals surface area contributed by atoms with Crippen LogP contribution in [0.5, 0.6) is 0 Å². The minimum absolute atomic E-state index is 0.792. The van der Waals surface area contributed by atoms with Crippen LogP contribution in [0.4, 0.5) is 0 Å². The van der Waals surface area contributed by atoms with Crippen molar-refractivity contribution in [1.29, 1.82) is 0 Å². The van der Waals surface area contributed by atoms with E-state index in [-0.39, 0.29) is 0 Å². The van der Waals surface area contributed by atoms with Crippen LogP contribution in [0, 0.1) is 0 Å². The molecule has 0 atom stereocenters. The Morgan fingerprint density at radius 2 is 2.11 bits per heavy atom. The van der Waals surface area contributed by atoms with Gasteiger partial charge in [0.2, 0.25) is 0 Å². The van der Waals surface area contributed by atoms with E-state index in [0.29, 0.717) is 0 Å². The van der Waals surface area contributed by atoms with Gasteiger partial charge in [0.1, 0.15) is 0 Å². The van der Waals surface area contributed by atoms with E-state index in [2.05, 4.69) is 39.8 Å². The third-order valence-electron chi connectivity index (χ3n) is 3.07. The molecule has 0 saturated heterocycles. The molecule has 0 aliphatic rings. The molecule has 3 rings (SSSR count). The molecule has 2 heterocycles. The highest BCUT2D eigenvalue weighted by molar-refractivity contribution is 5.82. The Hall–Kier alpha value is -2.07. The van der Waals surface area contributed by atoms with Crippen LogP contribution in [-0.4, -0.2) is 14.8 Å². The quantitative estimate of drug-likeness (QED) is 0.734. The van der Waals surface area contributed by atoms with Gasteiger partial charge in [0.25, 0.3) is 0 Å². The molecule has 0 unspecified atom stereocenters. The molecule has 0 aliphatic carbocycles. The van der Waals surface area contributed by atoms with Crippen LogP contribution in [0.1, 0.15) is 11.3 Å². The second-order valence-electron chi connectivity index (χ2n) is 4.44. The molecule has 2 aromatic heterocycles. The lowest BCUT2D eigenvalue weighted by molar-refractivity contribution is 0.658. The molecule has 0 saturated carbocycles.